The number of para-hydroxylation sites is 1. The first-order chi connectivity index (χ1) is 13.2. The van der Waals surface area contributed by atoms with Crippen molar-refractivity contribution in [3.8, 4) is 22.6 Å². The topological polar surface area (TPSA) is 115 Å². The molecule has 8 heteroatoms. The quantitative estimate of drug-likeness (QED) is 0.536. The molecule has 0 aromatic heterocycles. The molecular weight excluding hydrogens is 374 g/mol. The molecule has 0 amide bonds. The molecule has 0 spiro atoms. The SMILES string of the molecule is O=C(O)c1cc(-c2ccc(F)cc2F)ccc1O.O=C(O)c1ccccc1O. The number of carboxylic acids is 2. The molecule has 3 aromatic carbocycles. The summed E-state index contributed by atoms with van der Waals surface area (Å²) in [6, 6.07) is 12.5. The molecule has 3 rings (SSSR count). The lowest BCUT2D eigenvalue weighted by molar-refractivity contribution is 0.0682. The normalized spacial score (nSPS) is 9.93. The number of hydrogen-bond donors (Lipinski definition) is 4. The zero-order valence-corrected chi connectivity index (χ0v) is 14.1. The van der Waals surface area contributed by atoms with Gasteiger partial charge >= 0.3 is 11.9 Å². The molecular formula is C20H14F2O6. The number of aromatic carboxylic acids is 2. The first kappa shape index (κ1) is 20.4. The Hall–Kier alpha value is -3.94. The monoisotopic (exact) mass is 388 g/mol. The van der Waals surface area contributed by atoms with Crippen LogP contribution >= 0.6 is 0 Å². The smallest absolute Gasteiger partial charge is 0.339 e. The van der Waals surface area contributed by atoms with Gasteiger partial charge in [0.05, 0.1) is 0 Å². The van der Waals surface area contributed by atoms with Crippen LogP contribution in [0.25, 0.3) is 11.1 Å². The maximum atomic E-state index is 13.5. The lowest BCUT2D eigenvalue weighted by atomic mass is 10.0. The molecule has 0 heterocycles. The van der Waals surface area contributed by atoms with E-state index in [0.717, 1.165) is 18.2 Å². The summed E-state index contributed by atoms with van der Waals surface area (Å²) >= 11 is 0. The van der Waals surface area contributed by atoms with E-state index in [-0.39, 0.29) is 28.0 Å². The van der Waals surface area contributed by atoms with Crippen molar-refractivity contribution in [3.05, 3.63) is 83.4 Å². The fraction of sp³-hybridized carbons (Fsp3) is 0. The van der Waals surface area contributed by atoms with Crippen LogP contribution in [-0.4, -0.2) is 32.4 Å². The molecule has 0 aliphatic carbocycles. The standard InChI is InChI=1S/C13H8F2O3.C7H6O3/c14-8-2-3-9(11(15)6-8)7-1-4-12(16)10(5-7)13(17)18;8-6-4-2-1-3-5(6)7(9)10/h1-6,16H,(H,17,18);1-4,8H,(H,9,10). The molecule has 0 saturated heterocycles. The van der Waals surface area contributed by atoms with Gasteiger partial charge in [0.25, 0.3) is 0 Å². The van der Waals surface area contributed by atoms with Gasteiger partial charge in [0.2, 0.25) is 0 Å². The second-order valence-electron chi connectivity index (χ2n) is 5.48. The average molecular weight is 388 g/mol. The lowest BCUT2D eigenvalue weighted by Gasteiger charge is -2.06. The van der Waals surface area contributed by atoms with Crippen molar-refractivity contribution in [1.82, 2.24) is 0 Å². The molecule has 0 bridgehead atoms. The summed E-state index contributed by atoms with van der Waals surface area (Å²) in [7, 11) is 0. The van der Waals surface area contributed by atoms with Gasteiger partial charge in [-0.15, -0.1) is 0 Å². The predicted molar refractivity (Wildman–Crippen MR) is 95.5 cm³/mol. The molecule has 4 N–H and O–H groups in total. The number of halogens is 2. The minimum absolute atomic E-state index is 0.0671. The van der Waals surface area contributed by atoms with Crippen molar-refractivity contribution in [2.75, 3.05) is 0 Å². The molecule has 0 unspecified atom stereocenters. The van der Waals surface area contributed by atoms with E-state index < -0.39 is 29.3 Å². The second kappa shape index (κ2) is 8.63. The van der Waals surface area contributed by atoms with E-state index in [4.69, 9.17) is 15.3 Å². The van der Waals surface area contributed by atoms with E-state index in [1.165, 1.54) is 24.3 Å². The van der Waals surface area contributed by atoms with Crippen LogP contribution in [0.1, 0.15) is 20.7 Å². The Morgan fingerprint density at radius 1 is 0.714 bits per heavy atom. The van der Waals surface area contributed by atoms with Crippen LogP contribution in [0.2, 0.25) is 0 Å². The lowest BCUT2D eigenvalue weighted by Crippen LogP contribution is -1.97. The van der Waals surface area contributed by atoms with Crippen molar-refractivity contribution in [2.24, 2.45) is 0 Å². The minimum atomic E-state index is -1.32. The Morgan fingerprint density at radius 2 is 1.32 bits per heavy atom. The van der Waals surface area contributed by atoms with E-state index in [1.807, 2.05) is 0 Å². The number of carboxylic acid groups (broad SMARTS) is 2. The summed E-state index contributed by atoms with van der Waals surface area (Å²) in [5.74, 6) is -4.55. The predicted octanol–water partition coefficient (Wildman–Crippen LogP) is 4.13. The zero-order chi connectivity index (χ0) is 20.8. The Labute approximate surface area is 157 Å². The molecule has 0 atom stereocenters. The highest BCUT2D eigenvalue weighted by Crippen LogP contribution is 2.28. The van der Waals surface area contributed by atoms with Crippen molar-refractivity contribution >= 4 is 11.9 Å². The van der Waals surface area contributed by atoms with Gasteiger partial charge in [0, 0.05) is 11.6 Å². The molecule has 28 heavy (non-hydrogen) atoms. The van der Waals surface area contributed by atoms with Gasteiger partial charge in [-0.25, -0.2) is 18.4 Å². The number of phenols is 2. The molecule has 3 aromatic rings. The summed E-state index contributed by atoms with van der Waals surface area (Å²) in [5, 5.41) is 35.5. The largest absolute Gasteiger partial charge is 0.507 e. The summed E-state index contributed by atoms with van der Waals surface area (Å²) in [5.41, 5.74) is -0.0830. The molecule has 0 fully saturated rings. The van der Waals surface area contributed by atoms with Crippen LogP contribution < -0.4 is 0 Å². The Kier molecular flexibility index (Phi) is 6.28. The maximum absolute atomic E-state index is 13.5. The van der Waals surface area contributed by atoms with E-state index in [9.17, 15) is 23.5 Å². The van der Waals surface area contributed by atoms with Crippen LogP contribution in [0.4, 0.5) is 8.78 Å². The Morgan fingerprint density at radius 3 is 1.86 bits per heavy atom. The van der Waals surface area contributed by atoms with Crippen LogP contribution in [0.15, 0.2) is 60.7 Å². The van der Waals surface area contributed by atoms with Crippen molar-refractivity contribution in [3.63, 3.8) is 0 Å². The van der Waals surface area contributed by atoms with Crippen LogP contribution in [0.3, 0.4) is 0 Å². The summed E-state index contributed by atoms with van der Waals surface area (Å²) in [6.07, 6.45) is 0. The number of carbonyl (C=O) groups is 2. The third kappa shape index (κ3) is 4.82. The molecule has 0 radical (unpaired) electrons. The van der Waals surface area contributed by atoms with E-state index >= 15 is 0 Å². The van der Waals surface area contributed by atoms with Crippen molar-refractivity contribution in [1.29, 1.82) is 0 Å². The minimum Gasteiger partial charge on any atom is -0.507 e. The van der Waals surface area contributed by atoms with Gasteiger partial charge in [-0.1, -0.05) is 18.2 Å². The maximum Gasteiger partial charge on any atom is 0.339 e. The number of hydrogen-bond acceptors (Lipinski definition) is 4. The first-order valence-electron chi connectivity index (χ1n) is 7.73. The van der Waals surface area contributed by atoms with Crippen LogP contribution in [-0.2, 0) is 0 Å². The molecule has 0 aliphatic heterocycles. The first-order valence-corrected chi connectivity index (χ1v) is 7.73. The average Bonchev–Trinajstić information content (AvgIpc) is 2.63. The number of benzene rings is 3. The van der Waals surface area contributed by atoms with Gasteiger partial charge in [-0.05, 0) is 42.0 Å². The number of rotatable bonds is 3. The Balaban J connectivity index is 0.000000237. The summed E-state index contributed by atoms with van der Waals surface area (Å²) in [4.78, 5) is 21.1. The second-order valence-corrected chi connectivity index (χ2v) is 5.48. The fourth-order valence-electron chi connectivity index (χ4n) is 2.25. The van der Waals surface area contributed by atoms with E-state index in [2.05, 4.69) is 0 Å². The molecule has 144 valence electrons. The molecule has 0 saturated carbocycles. The van der Waals surface area contributed by atoms with Crippen LogP contribution in [0.5, 0.6) is 11.5 Å². The molecule has 0 aliphatic rings. The van der Waals surface area contributed by atoms with Crippen molar-refractivity contribution in [2.45, 2.75) is 0 Å². The number of aromatic hydroxyl groups is 2. The zero-order valence-electron chi connectivity index (χ0n) is 14.1. The van der Waals surface area contributed by atoms with E-state index in [0.29, 0.717) is 6.07 Å². The van der Waals surface area contributed by atoms with Crippen LogP contribution in [0, 0.1) is 11.6 Å². The summed E-state index contributed by atoms with van der Waals surface area (Å²) in [6.45, 7) is 0. The van der Waals surface area contributed by atoms with E-state index in [1.54, 1.807) is 12.1 Å². The fourth-order valence-corrected chi connectivity index (χ4v) is 2.25. The van der Waals surface area contributed by atoms with Gasteiger partial charge in [0.15, 0.2) is 0 Å². The summed E-state index contributed by atoms with van der Waals surface area (Å²) < 4.78 is 26.3. The van der Waals surface area contributed by atoms with Gasteiger partial charge in [-0.3, -0.25) is 0 Å². The molecule has 6 nitrogen and oxygen atoms in total. The third-order valence-electron chi connectivity index (χ3n) is 3.60. The highest BCUT2D eigenvalue weighted by molar-refractivity contribution is 5.92. The third-order valence-corrected chi connectivity index (χ3v) is 3.60. The Bertz CT molecular complexity index is 1030. The highest BCUT2D eigenvalue weighted by Gasteiger charge is 2.13. The van der Waals surface area contributed by atoms with Gasteiger partial charge < -0.3 is 20.4 Å². The van der Waals surface area contributed by atoms with Crippen molar-refractivity contribution < 1.29 is 38.8 Å². The van der Waals surface area contributed by atoms with Gasteiger partial charge in [-0.2, -0.15) is 0 Å². The van der Waals surface area contributed by atoms with Gasteiger partial charge in [0.1, 0.15) is 34.3 Å². The highest BCUT2D eigenvalue weighted by atomic mass is 19.1.